The fourth-order valence-electron chi connectivity index (χ4n) is 1.72. The minimum Gasteiger partial charge on any atom is -0.325 e. The Morgan fingerprint density at radius 1 is 1.29 bits per heavy atom. The van der Waals surface area contributed by atoms with Crippen molar-refractivity contribution in [1.29, 1.82) is 0 Å². The van der Waals surface area contributed by atoms with Crippen molar-refractivity contribution in [2.45, 2.75) is 32.7 Å². The quantitative estimate of drug-likeness (QED) is 0.891. The average molecular weight is 246 g/mol. The first kappa shape index (κ1) is 12.3. The third kappa shape index (κ3) is 2.73. The van der Waals surface area contributed by atoms with Crippen molar-refractivity contribution in [3.63, 3.8) is 0 Å². The number of hydrogen-bond acceptors (Lipinski definition) is 3. The minimum absolute atomic E-state index is 0.515. The van der Waals surface area contributed by atoms with Crippen LogP contribution in [0, 0.1) is 0 Å². The second kappa shape index (κ2) is 5.43. The highest BCUT2D eigenvalue weighted by molar-refractivity contribution is 7.13. The Labute approximate surface area is 107 Å². The van der Waals surface area contributed by atoms with Crippen molar-refractivity contribution in [3.05, 3.63) is 40.9 Å². The molecule has 2 aromatic rings. The summed E-state index contributed by atoms with van der Waals surface area (Å²) in [6.07, 6.45) is 1.17. The minimum atomic E-state index is 0.515. The zero-order valence-corrected chi connectivity index (χ0v) is 11.1. The van der Waals surface area contributed by atoms with Crippen LogP contribution in [-0.2, 0) is 6.54 Å². The van der Waals surface area contributed by atoms with E-state index < -0.39 is 0 Å². The van der Waals surface area contributed by atoms with Crippen LogP contribution in [0.25, 0.3) is 10.6 Å². The van der Waals surface area contributed by atoms with Crippen LogP contribution >= 0.6 is 11.3 Å². The summed E-state index contributed by atoms with van der Waals surface area (Å²) in [5.41, 5.74) is 9.11. The summed E-state index contributed by atoms with van der Waals surface area (Å²) >= 11 is 1.66. The van der Waals surface area contributed by atoms with Crippen molar-refractivity contribution in [1.82, 2.24) is 4.98 Å². The lowest BCUT2D eigenvalue weighted by Gasteiger charge is -2.08. The van der Waals surface area contributed by atoms with Crippen LogP contribution in [0.2, 0.25) is 0 Å². The van der Waals surface area contributed by atoms with Crippen molar-refractivity contribution < 1.29 is 0 Å². The van der Waals surface area contributed by atoms with Gasteiger partial charge in [0.1, 0.15) is 5.01 Å². The molecule has 0 saturated carbocycles. The molecule has 0 saturated heterocycles. The number of nitrogens with zero attached hydrogens (tertiary/aromatic N) is 1. The standard InChI is InChI=1S/C14H18N2S/c1-3-10(2)11-4-6-12(7-5-11)14-16-13(8-15)9-17-14/h4-7,9-10H,3,8,15H2,1-2H3. The van der Waals surface area contributed by atoms with Crippen molar-refractivity contribution >= 4 is 11.3 Å². The molecule has 1 aromatic heterocycles. The van der Waals surface area contributed by atoms with Gasteiger partial charge in [-0.1, -0.05) is 38.1 Å². The van der Waals surface area contributed by atoms with Crippen LogP contribution in [-0.4, -0.2) is 4.98 Å². The van der Waals surface area contributed by atoms with Crippen LogP contribution in [0.15, 0.2) is 29.6 Å². The van der Waals surface area contributed by atoms with Crippen LogP contribution < -0.4 is 5.73 Å². The van der Waals surface area contributed by atoms with Gasteiger partial charge in [-0.05, 0) is 17.9 Å². The number of thiazole rings is 1. The summed E-state index contributed by atoms with van der Waals surface area (Å²) < 4.78 is 0. The summed E-state index contributed by atoms with van der Waals surface area (Å²) in [7, 11) is 0. The fraction of sp³-hybridized carbons (Fsp3) is 0.357. The molecule has 0 radical (unpaired) electrons. The molecule has 2 rings (SSSR count). The molecule has 2 N–H and O–H groups in total. The molecule has 3 heteroatoms. The smallest absolute Gasteiger partial charge is 0.123 e. The molecule has 1 atom stereocenters. The van der Waals surface area contributed by atoms with Crippen LogP contribution in [0.1, 0.15) is 37.4 Å². The molecule has 0 fully saturated rings. The lowest BCUT2D eigenvalue weighted by Crippen LogP contribution is -1.95. The predicted molar refractivity (Wildman–Crippen MR) is 74.1 cm³/mol. The molecule has 1 unspecified atom stereocenters. The largest absolute Gasteiger partial charge is 0.325 e. The maximum absolute atomic E-state index is 5.57. The van der Waals surface area contributed by atoms with Gasteiger partial charge in [-0.25, -0.2) is 4.98 Å². The molecule has 2 nitrogen and oxygen atoms in total. The number of benzene rings is 1. The number of aromatic nitrogens is 1. The first-order valence-electron chi connectivity index (χ1n) is 5.99. The second-order valence-corrected chi connectivity index (χ2v) is 5.14. The molecule has 0 spiro atoms. The van der Waals surface area contributed by atoms with Crippen molar-refractivity contribution in [2.24, 2.45) is 5.73 Å². The monoisotopic (exact) mass is 246 g/mol. The highest BCUT2D eigenvalue weighted by Crippen LogP contribution is 2.26. The molecular formula is C14H18N2S. The molecule has 0 aliphatic carbocycles. The Balaban J connectivity index is 2.22. The Morgan fingerprint density at radius 3 is 2.53 bits per heavy atom. The van der Waals surface area contributed by atoms with Gasteiger partial charge in [0.25, 0.3) is 0 Å². The van der Waals surface area contributed by atoms with E-state index >= 15 is 0 Å². The van der Waals surface area contributed by atoms with Gasteiger partial charge in [-0.3, -0.25) is 0 Å². The molecular weight excluding hydrogens is 228 g/mol. The normalized spacial score (nSPS) is 12.6. The third-order valence-electron chi connectivity index (χ3n) is 3.10. The van der Waals surface area contributed by atoms with Gasteiger partial charge in [0, 0.05) is 17.5 Å². The zero-order chi connectivity index (χ0) is 12.3. The maximum atomic E-state index is 5.57. The topological polar surface area (TPSA) is 38.9 Å². The van der Waals surface area contributed by atoms with Gasteiger partial charge in [0.15, 0.2) is 0 Å². The summed E-state index contributed by atoms with van der Waals surface area (Å²) in [6, 6.07) is 8.71. The molecule has 1 aromatic carbocycles. The summed E-state index contributed by atoms with van der Waals surface area (Å²) in [6.45, 7) is 4.99. The first-order valence-corrected chi connectivity index (χ1v) is 6.87. The van der Waals surface area contributed by atoms with Crippen LogP contribution in [0.4, 0.5) is 0 Å². The molecule has 90 valence electrons. The SMILES string of the molecule is CCC(C)c1ccc(-c2nc(CN)cs2)cc1. The number of hydrogen-bond donors (Lipinski definition) is 1. The van der Waals surface area contributed by atoms with Gasteiger partial charge in [-0.2, -0.15) is 0 Å². The van der Waals surface area contributed by atoms with E-state index in [-0.39, 0.29) is 0 Å². The lowest BCUT2D eigenvalue weighted by molar-refractivity contribution is 0.734. The summed E-state index contributed by atoms with van der Waals surface area (Å²) in [4.78, 5) is 4.49. The van der Waals surface area contributed by atoms with E-state index in [4.69, 9.17) is 5.73 Å². The van der Waals surface area contributed by atoms with E-state index in [9.17, 15) is 0 Å². The van der Waals surface area contributed by atoms with E-state index in [0.717, 1.165) is 10.7 Å². The highest BCUT2D eigenvalue weighted by atomic mass is 32.1. The van der Waals surface area contributed by atoms with Crippen LogP contribution in [0.3, 0.4) is 0 Å². The average Bonchev–Trinajstić information content (AvgIpc) is 2.87. The predicted octanol–water partition coefficient (Wildman–Crippen LogP) is 3.78. The van der Waals surface area contributed by atoms with Gasteiger partial charge < -0.3 is 5.73 Å². The number of rotatable bonds is 4. The molecule has 0 aliphatic rings. The molecule has 1 heterocycles. The van der Waals surface area contributed by atoms with Gasteiger partial charge >= 0.3 is 0 Å². The summed E-state index contributed by atoms with van der Waals surface area (Å²) in [5, 5.41) is 3.08. The first-order chi connectivity index (χ1) is 8.24. The highest BCUT2D eigenvalue weighted by Gasteiger charge is 2.06. The van der Waals surface area contributed by atoms with Crippen LogP contribution in [0.5, 0.6) is 0 Å². The van der Waals surface area contributed by atoms with Crippen molar-refractivity contribution in [2.75, 3.05) is 0 Å². The summed E-state index contributed by atoms with van der Waals surface area (Å²) in [5.74, 6) is 0.625. The van der Waals surface area contributed by atoms with E-state index in [1.165, 1.54) is 17.5 Å². The Morgan fingerprint density at radius 2 is 2.00 bits per heavy atom. The fourth-order valence-corrected chi connectivity index (χ4v) is 2.56. The van der Waals surface area contributed by atoms with Gasteiger partial charge in [0.2, 0.25) is 0 Å². The molecule has 0 amide bonds. The third-order valence-corrected chi connectivity index (χ3v) is 4.04. The molecule has 0 aliphatic heterocycles. The van der Waals surface area contributed by atoms with E-state index in [2.05, 4.69) is 43.1 Å². The van der Waals surface area contributed by atoms with Gasteiger partial charge in [-0.15, -0.1) is 11.3 Å². The maximum Gasteiger partial charge on any atom is 0.123 e. The van der Waals surface area contributed by atoms with Crippen molar-refractivity contribution in [3.8, 4) is 10.6 Å². The molecule has 17 heavy (non-hydrogen) atoms. The Kier molecular flexibility index (Phi) is 3.92. The lowest BCUT2D eigenvalue weighted by atomic mass is 9.98. The molecule has 0 bridgehead atoms. The van der Waals surface area contributed by atoms with E-state index in [1.807, 2.05) is 5.38 Å². The van der Waals surface area contributed by atoms with Gasteiger partial charge in [0.05, 0.1) is 5.69 Å². The zero-order valence-electron chi connectivity index (χ0n) is 10.3. The van der Waals surface area contributed by atoms with E-state index in [1.54, 1.807) is 11.3 Å². The second-order valence-electron chi connectivity index (χ2n) is 4.28. The van der Waals surface area contributed by atoms with E-state index in [0.29, 0.717) is 12.5 Å². The Hall–Kier alpha value is -1.19. The Bertz CT molecular complexity index is 473. The number of nitrogens with two attached hydrogens (primary N) is 1.